The smallest absolute Gasteiger partial charge is 0.221 e. The highest BCUT2D eigenvalue weighted by Gasteiger charge is 2.22. The van der Waals surface area contributed by atoms with E-state index in [2.05, 4.69) is 10.6 Å². The molecule has 1 unspecified atom stereocenters. The minimum Gasteiger partial charge on any atom is -0.356 e. The first-order valence-corrected chi connectivity index (χ1v) is 6.58. The topological polar surface area (TPSA) is 41.1 Å². The molecular formula is C10H18N2OS. The highest BCUT2D eigenvalue weighted by Crippen LogP contribution is 2.27. The molecule has 1 aliphatic carbocycles. The van der Waals surface area contributed by atoms with Crippen molar-refractivity contribution in [3.63, 3.8) is 0 Å². The van der Waals surface area contributed by atoms with Gasteiger partial charge in [-0.25, -0.2) is 0 Å². The van der Waals surface area contributed by atoms with Crippen molar-refractivity contribution in [1.29, 1.82) is 0 Å². The first kappa shape index (κ1) is 10.3. The highest BCUT2D eigenvalue weighted by atomic mass is 32.2. The van der Waals surface area contributed by atoms with Crippen LogP contribution in [-0.4, -0.2) is 36.5 Å². The maximum Gasteiger partial charge on any atom is 0.221 e. The molecule has 0 radical (unpaired) electrons. The highest BCUT2D eigenvalue weighted by molar-refractivity contribution is 7.99. The van der Waals surface area contributed by atoms with Gasteiger partial charge in [0.25, 0.3) is 0 Å². The lowest BCUT2D eigenvalue weighted by Gasteiger charge is -2.22. The van der Waals surface area contributed by atoms with Gasteiger partial charge in [-0.3, -0.25) is 4.79 Å². The van der Waals surface area contributed by atoms with Crippen molar-refractivity contribution in [2.24, 2.45) is 5.92 Å². The van der Waals surface area contributed by atoms with Gasteiger partial charge in [0, 0.05) is 37.1 Å². The van der Waals surface area contributed by atoms with Crippen LogP contribution in [0.2, 0.25) is 0 Å². The summed E-state index contributed by atoms with van der Waals surface area (Å²) in [5, 5.41) is 6.38. The first-order chi connectivity index (χ1) is 6.84. The van der Waals surface area contributed by atoms with Crippen LogP contribution in [0.1, 0.15) is 19.3 Å². The molecule has 4 heteroatoms. The van der Waals surface area contributed by atoms with E-state index in [0.29, 0.717) is 12.5 Å². The average Bonchev–Trinajstić information content (AvgIpc) is 3.00. The van der Waals surface area contributed by atoms with E-state index in [1.54, 1.807) is 0 Å². The van der Waals surface area contributed by atoms with E-state index in [-0.39, 0.29) is 5.91 Å². The molecule has 0 aromatic carbocycles. The van der Waals surface area contributed by atoms with Crippen LogP contribution in [0, 0.1) is 5.92 Å². The molecule has 1 saturated heterocycles. The summed E-state index contributed by atoms with van der Waals surface area (Å²) in [6.45, 7) is 1.95. The summed E-state index contributed by atoms with van der Waals surface area (Å²) in [6, 6.07) is 0.396. The fraction of sp³-hybridized carbons (Fsp3) is 0.900. The molecule has 0 aromatic heterocycles. The number of carbonyl (C=O) groups is 1. The number of thioether (sulfide) groups is 1. The van der Waals surface area contributed by atoms with E-state index in [0.717, 1.165) is 24.8 Å². The number of carbonyl (C=O) groups excluding carboxylic acids is 1. The monoisotopic (exact) mass is 214 g/mol. The zero-order chi connectivity index (χ0) is 9.80. The van der Waals surface area contributed by atoms with Gasteiger partial charge < -0.3 is 10.6 Å². The van der Waals surface area contributed by atoms with Crippen LogP contribution in [-0.2, 0) is 4.79 Å². The van der Waals surface area contributed by atoms with Crippen LogP contribution >= 0.6 is 11.8 Å². The fourth-order valence-electron chi connectivity index (χ4n) is 1.63. The summed E-state index contributed by atoms with van der Waals surface area (Å²) in [4.78, 5) is 11.5. The molecule has 0 bridgehead atoms. The third kappa shape index (κ3) is 3.50. The molecule has 0 spiro atoms. The zero-order valence-electron chi connectivity index (χ0n) is 8.42. The molecular weight excluding hydrogens is 196 g/mol. The summed E-state index contributed by atoms with van der Waals surface area (Å²) >= 11 is 1.94. The maximum absolute atomic E-state index is 11.5. The Bertz CT molecular complexity index is 200. The molecule has 2 fully saturated rings. The van der Waals surface area contributed by atoms with Crippen molar-refractivity contribution in [2.75, 3.05) is 24.6 Å². The number of nitrogens with one attached hydrogen (secondary N) is 2. The van der Waals surface area contributed by atoms with Gasteiger partial charge >= 0.3 is 0 Å². The average molecular weight is 214 g/mol. The Morgan fingerprint density at radius 1 is 1.50 bits per heavy atom. The molecule has 1 saturated carbocycles. The quantitative estimate of drug-likeness (QED) is 0.720. The van der Waals surface area contributed by atoms with Crippen molar-refractivity contribution in [2.45, 2.75) is 25.3 Å². The van der Waals surface area contributed by atoms with Gasteiger partial charge in [0.1, 0.15) is 0 Å². The molecule has 2 N–H and O–H groups in total. The molecule has 1 atom stereocenters. The van der Waals surface area contributed by atoms with E-state index in [1.165, 1.54) is 18.6 Å². The van der Waals surface area contributed by atoms with Gasteiger partial charge in [0.2, 0.25) is 5.91 Å². The SMILES string of the molecule is O=C(CC1CSCCN1)NCC1CC1. The van der Waals surface area contributed by atoms with Crippen LogP contribution < -0.4 is 10.6 Å². The largest absolute Gasteiger partial charge is 0.356 e. The lowest BCUT2D eigenvalue weighted by atomic mass is 10.2. The zero-order valence-corrected chi connectivity index (χ0v) is 9.24. The van der Waals surface area contributed by atoms with E-state index >= 15 is 0 Å². The van der Waals surface area contributed by atoms with E-state index < -0.39 is 0 Å². The Morgan fingerprint density at radius 3 is 3.00 bits per heavy atom. The Balaban J connectivity index is 1.59. The van der Waals surface area contributed by atoms with Gasteiger partial charge in [-0.1, -0.05) is 0 Å². The number of rotatable bonds is 4. The Hall–Kier alpha value is -0.220. The van der Waals surface area contributed by atoms with Gasteiger partial charge in [0.15, 0.2) is 0 Å². The van der Waals surface area contributed by atoms with Crippen molar-refractivity contribution in [3.8, 4) is 0 Å². The predicted octanol–water partition coefficient (Wildman–Crippen LogP) is 0.608. The van der Waals surface area contributed by atoms with Gasteiger partial charge in [-0.2, -0.15) is 11.8 Å². The Kier molecular flexibility index (Phi) is 3.70. The lowest BCUT2D eigenvalue weighted by Crippen LogP contribution is -2.41. The van der Waals surface area contributed by atoms with Crippen molar-refractivity contribution in [3.05, 3.63) is 0 Å². The number of amides is 1. The predicted molar refractivity (Wildman–Crippen MR) is 59.5 cm³/mol. The summed E-state index contributed by atoms with van der Waals surface area (Å²) in [6.07, 6.45) is 3.26. The normalized spacial score (nSPS) is 27.3. The Labute approximate surface area is 89.4 Å². The molecule has 2 rings (SSSR count). The van der Waals surface area contributed by atoms with Crippen molar-refractivity contribution < 1.29 is 4.79 Å². The number of hydrogen-bond acceptors (Lipinski definition) is 3. The van der Waals surface area contributed by atoms with E-state index in [1.807, 2.05) is 11.8 Å². The number of hydrogen-bond donors (Lipinski definition) is 2. The molecule has 1 heterocycles. The van der Waals surface area contributed by atoms with Crippen molar-refractivity contribution in [1.82, 2.24) is 10.6 Å². The van der Waals surface area contributed by atoms with Crippen molar-refractivity contribution >= 4 is 17.7 Å². The summed E-state index contributed by atoms with van der Waals surface area (Å²) in [5.74, 6) is 3.27. The molecule has 14 heavy (non-hydrogen) atoms. The minimum atomic E-state index is 0.219. The maximum atomic E-state index is 11.5. The molecule has 2 aliphatic rings. The standard InChI is InChI=1S/C10H18N2OS/c13-10(12-6-8-1-2-8)5-9-7-14-4-3-11-9/h8-9,11H,1-7H2,(H,12,13). The molecule has 1 aliphatic heterocycles. The Morgan fingerprint density at radius 2 is 2.36 bits per heavy atom. The minimum absolute atomic E-state index is 0.219. The third-order valence-electron chi connectivity index (χ3n) is 2.72. The lowest BCUT2D eigenvalue weighted by molar-refractivity contribution is -0.121. The van der Waals surface area contributed by atoms with Crippen LogP contribution in [0.3, 0.4) is 0 Å². The van der Waals surface area contributed by atoms with Gasteiger partial charge in [-0.15, -0.1) is 0 Å². The van der Waals surface area contributed by atoms with E-state index in [9.17, 15) is 4.79 Å². The van der Waals surface area contributed by atoms with E-state index in [4.69, 9.17) is 0 Å². The van der Waals surface area contributed by atoms with Crippen LogP contribution in [0.4, 0.5) is 0 Å². The van der Waals surface area contributed by atoms with Crippen LogP contribution in [0.15, 0.2) is 0 Å². The van der Waals surface area contributed by atoms with Gasteiger partial charge in [-0.05, 0) is 18.8 Å². The summed E-state index contributed by atoms with van der Waals surface area (Å²) < 4.78 is 0. The van der Waals surface area contributed by atoms with Crippen LogP contribution in [0.25, 0.3) is 0 Å². The molecule has 3 nitrogen and oxygen atoms in total. The second-order valence-electron chi connectivity index (χ2n) is 4.18. The fourth-order valence-corrected chi connectivity index (χ4v) is 2.58. The molecule has 0 aromatic rings. The van der Waals surface area contributed by atoms with Gasteiger partial charge in [0.05, 0.1) is 0 Å². The molecule has 1 amide bonds. The molecule has 80 valence electrons. The second kappa shape index (κ2) is 5.03. The second-order valence-corrected chi connectivity index (χ2v) is 5.33. The first-order valence-electron chi connectivity index (χ1n) is 5.42. The third-order valence-corrected chi connectivity index (χ3v) is 3.85. The summed E-state index contributed by atoms with van der Waals surface area (Å²) in [7, 11) is 0. The van der Waals surface area contributed by atoms with Crippen LogP contribution in [0.5, 0.6) is 0 Å². The summed E-state index contributed by atoms with van der Waals surface area (Å²) in [5.41, 5.74) is 0.